The fraction of sp³-hybridized carbons (Fsp3) is 0.158. The molecular weight excluding hydrogens is 304 g/mol. The standard InChI is InChI=1S/C19H16N2O3/c1-11-18-14(8-15-19(11)23-16(21-15)10-20-2)13(9-17(22)24-18)12-6-4-3-5-7-12/h3-9,20H,10H2,1-2H3. The molecule has 0 aliphatic heterocycles. The molecule has 0 fully saturated rings. The molecule has 1 N–H and O–H groups in total. The topological polar surface area (TPSA) is 68.3 Å². The number of hydrogen-bond donors (Lipinski definition) is 1. The van der Waals surface area contributed by atoms with Gasteiger partial charge in [0, 0.05) is 17.0 Å². The highest BCUT2D eigenvalue weighted by Gasteiger charge is 2.16. The van der Waals surface area contributed by atoms with Gasteiger partial charge in [0.25, 0.3) is 0 Å². The summed E-state index contributed by atoms with van der Waals surface area (Å²) >= 11 is 0. The van der Waals surface area contributed by atoms with Crippen molar-refractivity contribution in [2.24, 2.45) is 0 Å². The third-order valence-electron chi connectivity index (χ3n) is 4.07. The van der Waals surface area contributed by atoms with Crippen molar-refractivity contribution < 1.29 is 8.83 Å². The molecule has 2 heterocycles. The Bertz CT molecular complexity index is 1090. The summed E-state index contributed by atoms with van der Waals surface area (Å²) in [7, 11) is 1.84. The van der Waals surface area contributed by atoms with Crippen molar-refractivity contribution in [2.75, 3.05) is 7.05 Å². The second-order valence-corrected chi connectivity index (χ2v) is 5.71. The van der Waals surface area contributed by atoms with Gasteiger partial charge in [0.2, 0.25) is 5.89 Å². The first-order valence-electron chi connectivity index (χ1n) is 7.74. The van der Waals surface area contributed by atoms with E-state index in [0.29, 0.717) is 23.6 Å². The van der Waals surface area contributed by atoms with E-state index in [-0.39, 0.29) is 5.63 Å². The Morgan fingerprint density at radius 3 is 2.62 bits per heavy atom. The van der Waals surface area contributed by atoms with Gasteiger partial charge >= 0.3 is 5.63 Å². The molecule has 4 rings (SSSR count). The molecule has 4 aromatic rings. The van der Waals surface area contributed by atoms with Crippen LogP contribution in [0.4, 0.5) is 0 Å². The molecule has 0 aliphatic carbocycles. The zero-order chi connectivity index (χ0) is 16.7. The third kappa shape index (κ3) is 2.30. The average Bonchev–Trinajstić information content (AvgIpc) is 2.99. The molecule has 2 aromatic carbocycles. The van der Waals surface area contributed by atoms with Gasteiger partial charge < -0.3 is 14.2 Å². The van der Waals surface area contributed by atoms with E-state index in [0.717, 1.165) is 27.6 Å². The van der Waals surface area contributed by atoms with Gasteiger partial charge in [-0.15, -0.1) is 0 Å². The predicted octanol–water partition coefficient (Wildman–Crippen LogP) is 3.63. The summed E-state index contributed by atoms with van der Waals surface area (Å²) in [6, 6.07) is 13.2. The highest BCUT2D eigenvalue weighted by Crippen LogP contribution is 2.33. The minimum atomic E-state index is -0.376. The van der Waals surface area contributed by atoms with E-state index in [9.17, 15) is 4.79 Å². The number of oxazole rings is 1. The van der Waals surface area contributed by atoms with Gasteiger partial charge in [0.1, 0.15) is 11.1 Å². The van der Waals surface area contributed by atoms with Crippen molar-refractivity contribution in [1.82, 2.24) is 10.3 Å². The Hall–Kier alpha value is -2.92. The summed E-state index contributed by atoms with van der Waals surface area (Å²) in [6.07, 6.45) is 0. The average molecular weight is 320 g/mol. The third-order valence-corrected chi connectivity index (χ3v) is 4.07. The zero-order valence-electron chi connectivity index (χ0n) is 13.4. The molecule has 2 aromatic heterocycles. The Morgan fingerprint density at radius 1 is 1.08 bits per heavy atom. The van der Waals surface area contributed by atoms with Gasteiger partial charge in [-0.05, 0) is 31.2 Å². The Morgan fingerprint density at radius 2 is 1.88 bits per heavy atom. The molecule has 24 heavy (non-hydrogen) atoms. The molecule has 0 atom stereocenters. The smallest absolute Gasteiger partial charge is 0.336 e. The Kier molecular flexibility index (Phi) is 3.43. The first-order chi connectivity index (χ1) is 11.7. The minimum absolute atomic E-state index is 0.376. The second-order valence-electron chi connectivity index (χ2n) is 5.71. The maximum absolute atomic E-state index is 12.1. The number of rotatable bonds is 3. The molecular formula is C19H16N2O3. The van der Waals surface area contributed by atoms with E-state index >= 15 is 0 Å². The molecule has 5 nitrogen and oxygen atoms in total. The van der Waals surface area contributed by atoms with Crippen LogP contribution in [0, 0.1) is 6.92 Å². The molecule has 0 aliphatic rings. The van der Waals surface area contributed by atoms with E-state index in [2.05, 4.69) is 10.3 Å². The largest absolute Gasteiger partial charge is 0.439 e. The van der Waals surface area contributed by atoms with E-state index in [4.69, 9.17) is 8.83 Å². The molecule has 0 spiro atoms. The van der Waals surface area contributed by atoms with E-state index in [1.54, 1.807) is 0 Å². The fourth-order valence-corrected chi connectivity index (χ4v) is 2.99. The van der Waals surface area contributed by atoms with Gasteiger partial charge in [0.05, 0.1) is 6.54 Å². The van der Waals surface area contributed by atoms with Crippen LogP contribution < -0.4 is 10.9 Å². The fourth-order valence-electron chi connectivity index (χ4n) is 2.99. The lowest BCUT2D eigenvalue weighted by Crippen LogP contribution is -2.04. The molecule has 5 heteroatoms. The van der Waals surface area contributed by atoms with Crippen LogP contribution in [-0.4, -0.2) is 12.0 Å². The number of benzene rings is 2. The normalized spacial score (nSPS) is 11.4. The summed E-state index contributed by atoms with van der Waals surface area (Å²) < 4.78 is 11.3. The van der Waals surface area contributed by atoms with Crippen molar-refractivity contribution >= 4 is 22.1 Å². The molecule has 0 saturated carbocycles. The lowest BCUT2D eigenvalue weighted by atomic mass is 10.00. The number of nitrogens with zero attached hydrogens (tertiary/aromatic N) is 1. The summed E-state index contributed by atoms with van der Waals surface area (Å²) in [6.45, 7) is 2.43. The lowest BCUT2D eigenvalue weighted by molar-refractivity contribution is 0.508. The number of aromatic nitrogens is 1. The lowest BCUT2D eigenvalue weighted by Gasteiger charge is -2.07. The van der Waals surface area contributed by atoms with Gasteiger partial charge in [-0.3, -0.25) is 0 Å². The van der Waals surface area contributed by atoms with Crippen molar-refractivity contribution in [2.45, 2.75) is 13.5 Å². The molecule has 0 radical (unpaired) electrons. The van der Waals surface area contributed by atoms with Crippen LogP contribution in [0.15, 0.2) is 56.1 Å². The first-order valence-corrected chi connectivity index (χ1v) is 7.74. The van der Waals surface area contributed by atoms with Crippen molar-refractivity contribution in [1.29, 1.82) is 0 Å². The quantitative estimate of drug-likeness (QED) is 0.584. The van der Waals surface area contributed by atoms with Gasteiger partial charge in [-0.1, -0.05) is 30.3 Å². The van der Waals surface area contributed by atoms with Crippen LogP contribution in [0.1, 0.15) is 11.5 Å². The molecule has 0 bridgehead atoms. The van der Waals surface area contributed by atoms with Crippen LogP contribution >= 0.6 is 0 Å². The molecule has 120 valence electrons. The van der Waals surface area contributed by atoms with Crippen molar-refractivity contribution in [3.63, 3.8) is 0 Å². The minimum Gasteiger partial charge on any atom is -0.439 e. The zero-order valence-corrected chi connectivity index (χ0v) is 13.4. The van der Waals surface area contributed by atoms with Crippen LogP contribution in [0.5, 0.6) is 0 Å². The van der Waals surface area contributed by atoms with Crippen LogP contribution in [0.25, 0.3) is 33.2 Å². The number of hydrogen-bond acceptors (Lipinski definition) is 5. The SMILES string of the molecule is CNCc1nc2cc3c(-c4ccccc4)cc(=O)oc3c(C)c2o1. The number of fused-ring (bicyclic) bond motifs is 2. The van der Waals surface area contributed by atoms with Crippen LogP contribution in [0.2, 0.25) is 0 Å². The highest BCUT2D eigenvalue weighted by molar-refractivity contribution is 6.02. The molecule has 0 amide bonds. The first kappa shape index (κ1) is 14.7. The van der Waals surface area contributed by atoms with Crippen molar-refractivity contribution in [3.05, 3.63) is 64.3 Å². The summed E-state index contributed by atoms with van der Waals surface area (Å²) in [5.41, 5.74) is 4.17. The van der Waals surface area contributed by atoms with E-state index in [1.807, 2.05) is 50.4 Å². The monoisotopic (exact) mass is 320 g/mol. The van der Waals surface area contributed by atoms with Gasteiger partial charge in [-0.2, -0.15) is 0 Å². The predicted molar refractivity (Wildman–Crippen MR) is 93.0 cm³/mol. The Labute approximate surface area is 137 Å². The van der Waals surface area contributed by atoms with E-state index in [1.165, 1.54) is 6.07 Å². The maximum Gasteiger partial charge on any atom is 0.336 e. The Balaban J connectivity index is 2.09. The van der Waals surface area contributed by atoms with Crippen molar-refractivity contribution in [3.8, 4) is 11.1 Å². The van der Waals surface area contributed by atoms with Crippen LogP contribution in [-0.2, 0) is 6.54 Å². The highest BCUT2D eigenvalue weighted by atomic mass is 16.4. The second kappa shape index (κ2) is 5.62. The molecule has 0 saturated heterocycles. The number of aryl methyl sites for hydroxylation is 1. The molecule has 0 unspecified atom stereocenters. The summed E-state index contributed by atoms with van der Waals surface area (Å²) in [5.74, 6) is 0.606. The van der Waals surface area contributed by atoms with Crippen LogP contribution in [0.3, 0.4) is 0 Å². The summed E-state index contributed by atoms with van der Waals surface area (Å²) in [4.78, 5) is 16.6. The van der Waals surface area contributed by atoms with Gasteiger partial charge in [0.15, 0.2) is 5.58 Å². The van der Waals surface area contributed by atoms with E-state index < -0.39 is 0 Å². The van der Waals surface area contributed by atoms with Gasteiger partial charge in [-0.25, -0.2) is 9.78 Å². The number of nitrogens with one attached hydrogen (secondary N) is 1. The maximum atomic E-state index is 12.1. The summed E-state index contributed by atoms with van der Waals surface area (Å²) in [5, 5.41) is 3.88.